The molecule has 0 aliphatic heterocycles. The number of carbonyl (C=O) groups excluding carboxylic acids is 5. The predicted molar refractivity (Wildman–Crippen MR) is 191 cm³/mol. The zero-order chi connectivity index (χ0) is 38.6. The van der Waals surface area contributed by atoms with Gasteiger partial charge in [0, 0.05) is 5.92 Å². The Hall–Kier alpha value is -3.45. The van der Waals surface area contributed by atoms with Gasteiger partial charge in [-0.15, -0.1) is 0 Å². The fourth-order valence-corrected chi connectivity index (χ4v) is 5.48. The maximum atomic E-state index is 13.6. The molecule has 6 atom stereocenters. The zero-order valence-electron chi connectivity index (χ0n) is 32.5. The Morgan fingerprint density at radius 3 is 1.86 bits per heavy atom. The second-order valence-corrected chi connectivity index (χ2v) is 20.4. The first-order valence-corrected chi connectivity index (χ1v) is 20.3. The highest BCUT2D eigenvalue weighted by molar-refractivity contribution is 6.74. The van der Waals surface area contributed by atoms with Crippen molar-refractivity contribution in [2.75, 3.05) is 0 Å². The van der Waals surface area contributed by atoms with E-state index in [-0.39, 0.29) is 17.6 Å². The molecule has 6 unspecified atom stereocenters. The summed E-state index contributed by atoms with van der Waals surface area (Å²) in [6.45, 7) is 25.4. The van der Waals surface area contributed by atoms with Crippen molar-refractivity contribution >= 4 is 38.3 Å². The van der Waals surface area contributed by atoms with Gasteiger partial charge in [-0.25, -0.2) is 24.0 Å². The number of hydrogen-bond acceptors (Lipinski definition) is 11. The molecule has 0 fully saturated rings. The lowest BCUT2D eigenvalue weighted by atomic mass is 10.0. The topological polar surface area (TPSA) is 153 Å². The van der Waals surface area contributed by atoms with Crippen molar-refractivity contribution in [3.8, 4) is 0 Å². The van der Waals surface area contributed by atoms with Gasteiger partial charge >= 0.3 is 30.0 Å². The fourth-order valence-electron chi connectivity index (χ4n) is 4.23. The molecule has 0 aliphatic carbocycles. The van der Waals surface area contributed by atoms with Crippen molar-refractivity contribution in [1.82, 2.24) is 5.32 Å². The first-order chi connectivity index (χ1) is 22.9. The fraction of sp³-hybridized carbons (Fsp3) is 0.703. The van der Waals surface area contributed by atoms with Gasteiger partial charge in [-0.2, -0.15) is 0 Å². The first-order valence-electron chi connectivity index (χ1n) is 17.4. The Bertz CT molecular complexity index is 1270. The maximum Gasteiger partial charge on any atom is 0.408 e. The van der Waals surface area contributed by atoms with E-state index >= 15 is 0 Å². The van der Waals surface area contributed by atoms with Crippen LogP contribution in [-0.4, -0.2) is 74.3 Å². The lowest BCUT2D eigenvalue weighted by molar-refractivity contribution is -0.187. The molecule has 0 heterocycles. The normalized spacial score (nSPS) is 15.8. The second kappa shape index (κ2) is 19.2. The molecule has 0 bridgehead atoms. The minimum Gasteiger partial charge on any atom is -0.458 e. The summed E-state index contributed by atoms with van der Waals surface area (Å²) in [7, 11) is -2.41. The summed E-state index contributed by atoms with van der Waals surface area (Å²) in [5.41, 5.74) is -0.114. The molecule has 0 saturated carbocycles. The summed E-state index contributed by atoms with van der Waals surface area (Å²) >= 11 is 0. The van der Waals surface area contributed by atoms with Crippen molar-refractivity contribution < 1.29 is 52.1 Å². The Morgan fingerprint density at radius 1 is 0.780 bits per heavy atom. The molecule has 0 saturated heterocycles. The van der Waals surface area contributed by atoms with Gasteiger partial charge < -0.3 is 33.4 Å². The van der Waals surface area contributed by atoms with Crippen molar-refractivity contribution in [2.45, 2.75) is 157 Å². The van der Waals surface area contributed by atoms with E-state index in [1.807, 2.05) is 39.9 Å². The number of nitrogens with one attached hydrogen (secondary N) is 1. The smallest absolute Gasteiger partial charge is 0.408 e. The number of alkyl carbamates (subject to hydrolysis) is 1. The molecule has 12 nitrogen and oxygen atoms in total. The second-order valence-electron chi connectivity index (χ2n) is 15.7. The molecular formula is C37H61NO11Si. The quantitative estimate of drug-likeness (QED) is 0.102. The Kier molecular flexibility index (Phi) is 17.1. The van der Waals surface area contributed by atoms with Gasteiger partial charge in [-0.1, -0.05) is 78.8 Å². The van der Waals surface area contributed by atoms with Crippen molar-refractivity contribution in [2.24, 2.45) is 11.8 Å². The van der Waals surface area contributed by atoms with Gasteiger partial charge in [-0.3, -0.25) is 0 Å². The minimum absolute atomic E-state index is 0.0891. The molecule has 1 N–H and O–H groups in total. The molecule has 0 radical (unpaired) electrons. The zero-order valence-corrected chi connectivity index (χ0v) is 33.5. The van der Waals surface area contributed by atoms with E-state index in [1.54, 1.807) is 52.0 Å². The first kappa shape index (κ1) is 44.6. The summed E-state index contributed by atoms with van der Waals surface area (Å²) in [4.78, 5) is 66.1. The summed E-state index contributed by atoms with van der Waals surface area (Å²) in [6.07, 6.45) is -5.03. The third-order valence-corrected chi connectivity index (χ3v) is 12.9. The molecule has 50 heavy (non-hydrogen) atoms. The molecular weight excluding hydrogens is 662 g/mol. The van der Waals surface area contributed by atoms with E-state index in [2.05, 4.69) is 26.1 Å². The third-order valence-electron chi connectivity index (χ3n) is 8.37. The lowest BCUT2D eigenvalue weighted by Gasteiger charge is -2.39. The van der Waals surface area contributed by atoms with Crippen molar-refractivity contribution in [1.29, 1.82) is 0 Å². The van der Waals surface area contributed by atoms with E-state index in [1.165, 1.54) is 13.8 Å². The maximum absolute atomic E-state index is 13.6. The van der Waals surface area contributed by atoms with Gasteiger partial charge in [0.05, 0.1) is 0 Å². The highest BCUT2D eigenvalue weighted by atomic mass is 28.4. The molecule has 0 aliphatic rings. The largest absolute Gasteiger partial charge is 0.458 e. The molecule has 284 valence electrons. The minimum atomic E-state index is -2.41. The van der Waals surface area contributed by atoms with Crippen LogP contribution in [0.15, 0.2) is 30.3 Å². The van der Waals surface area contributed by atoms with Crippen LogP contribution in [0.5, 0.6) is 0 Å². The molecule has 0 aromatic heterocycles. The highest BCUT2D eigenvalue weighted by Gasteiger charge is 2.43. The molecule has 1 rings (SSSR count). The van der Waals surface area contributed by atoms with Crippen LogP contribution >= 0.6 is 0 Å². The monoisotopic (exact) mass is 723 g/mol. The number of ether oxygens (including phenoxy) is 5. The van der Waals surface area contributed by atoms with Crippen LogP contribution in [0.1, 0.15) is 101 Å². The van der Waals surface area contributed by atoms with E-state index in [4.69, 9.17) is 28.1 Å². The van der Waals surface area contributed by atoms with Crippen LogP contribution in [0.2, 0.25) is 18.1 Å². The van der Waals surface area contributed by atoms with Crippen LogP contribution in [0.4, 0.5) is 4.79 Å². The number of carbonyl (C=O) groups is 5. The summed E-state index contributed by atoms with van der Waals surface area (Å²) in [6, 6.07) is 7.33. The Labute approximate surface area is 299 Å². The molecule has 1 aromatic rings. The summed E-state index contributed by atoms with van der Waals surface area (Å²) < 4.78 is 33.9. The average Bonchev–Trinajstić information content (AvgIpc) is 2.99. The summed E-state index contributed by atoms with van der Waals surface area (Å²) in [5, 5.41) is 2.24. The van der Waals surface area contributed by atoms with E-state index in [9.17, 15) is 24.0 Å². The van der Waals surface area contributed by atoms with Gasteiger partial charge in [-0.05, 0) is 77.1 Å². The van der Waals surface area contributed by atoms with Crippen molar-refractivity contribution in [3.05, 3.63) is 35.9 Å². The molecule has 1 amide bonds. The Morgan fingerprint density at radius 2 is 1.36 bits per heavy atom. The van der Waals surface area contributed by atoms with Crippen LogP contribution in [-0.2, 0) is 53.9 Å². The van der Waals surface area contributed by atoms with Crippen LogP contribution < -0.4 is 5.32 Å². The predicted octanol–water partition coefficient (Wildman–Crippen LogP) is 6.88. The van der Waals surface area contributed by atoms with E-state index in [0.29, 0.717) is 18.4 Å². The average molecular weight is 724 g/mol. The molecule has 0 spiro atoms. The number of amides is 1. The number of benzene rings is 1. The van der Waals surface area contributed by atoms with Gasteiger partial charge in [0.15, 0.2) is 20.5 Å². The standard InChI is InChI=1S/C37H61NO11Si/c1-15-24(4)30(34(42)48-36(7,8)9)47-31(39)26(6)46-33(41)29(38-35(43)44-22-27-19-17-16-18-20-27)25(5)45-32(40)28(21-23(2)3)49-50(13,14)37(10,11)12/h16-20,23-26,28-30H,15,21-22H2,1-14H3,(H,38,43). The molecule has 13 heteroatoms. The van der Waals surface area contributed by atoms with E-state index in [0.717, 1.165) is 0 Å². The van der Waals surface area contributed by atoms with Crippen LogP contribution in [0.25, 0.3) is 0 Å². The number of esters is 4. The number of rotatable bonds is 17. The molecule has 1 aromatic carbocycles. The summed E-state index contributed by atoms with van der Waals surface area (Å²) in [5.74, 6) is -3.81. The third kappa shape index (κ3) is 15.2. The highest BCUT2D eigenvalue weighted by Crippen LogP contribution is 2.38. The number of hydrogen-bond donors (Lipinski definition) is 1. The Balaban J connectivity index is 3.26. The van der Waals surface area contributed by atoms with Gasteiger partial charge in [0.1, 0.15) is 24.4 Å². The van der Waals surface area contributed by atoms with Crippen LogP contribution in [0.3, 0.4) is 0 Å². The SMILES string of the molecule is CCC(C)C(OC(=O)C(C)OC(=O)C(NC(=O)OCc1ccccc1)C(C)OC(=O)C(CC(C)C)O[Si](C)(C)C(C)(C)C)C(=O)OC(C)(C)C. The van der Waals surface area contributed by atoms with Crippen molar-refractivity contribution in [3.63, 3.8) is 0 Å². The van der Waals surface area contributed by atoms with Gasteiger partial charge in [0.25, 0.3) is 0 Å². The lowest BCUT2D eigenvalue weighted by Crippen LogP contribution is -2.53. The van der Waals surface area contributed by atoms with Gasteiger partial charge in [0.2, 0.25) is 6.10 Å². The van der Waals surface area contributed by atoms with Crippen LogP contribution in [0, 0.1) is 11.8 Å². The van der Waals surface area contributed by atoms with E-state index < -0.39 is 80.3 Å².